The molecule has 0 unspecified atom stereocenters. The Labute approximate surface area is 127 Å². The van der Waals surface area contributed by atoms with Crippen molar-refractivity contribution < 1.29 is 0 Å². The summed E-state index contributed by atoms with van der Waals surface area (Å²) in [5.74, 6) is 1.07. The molecule has 0 spiro atoms. The first kappa shape index (κ1) is 15.3. The highest BCUT2D eigenvalue weighted by atomic mass is 35.5. The number of rotatable bonds is 4. The highest BCUT2D eigenvalue weighted by Gasteiger charge is 2.32. The third-order valence-corrected chi connectivity index (χ3v) is 3.96. The van der Waals surface area contributed by atoms with Crippen LogP contribution in [0.1, 0.15) is 32.3 Å². The molecule has 1 N–H and O–H groups in total. The van der Waals surface area contributed by atoms with Gasteiger partial charge in [-0.05, 0) is 39.2 Å². The van der Waals surface area contributed by atoms with Crippen molar-refractivity contribution in [2.45, 2.75) is 32.1 Å². The molecule has 0 amide bonds. The van der Waals surface area contributed by atoms with Gasteiger partial charge in [0, 0.05) is 34.7 Å². The second-order valence-electron chi connectivity index (χ2n) is 6.33. The number of nitrogens with zero attached hydrogens (tertiary/aromatic N) is 2. The van der Waals surface area contributed by atoms with Gasteiger partial charge < -0.3 is 10.2 Å². The zero-order chi connectivity index (χ0) is 14.8. The number of fused-ring (bicyclic) bond motifs is 1. The van der Waals surface area contributed by atoms with E-state index >= 15 is 0 Å². The molecule has 0 aromatic heterocycles. The first-order valence-electron chi connectivity index (χ1n) is 7.14. The largest absolute Gasteiger partial charge is 0.344 e. The summed E-state index contributed by atoms with van der Waals surface area (Å²) in [6.07, 6.45) is 1.99. The number of amidine groups is 1. The van der Waals surface area contributed by atoms with E-state index in [1.807, 2.05) is 12.1 Å². The summed E-state index contributed by atoms with van der Waals surface area (Å²) < 4.78 is 0. The molecule has 0 radical (unpaired) electrons. The summed E-state index contributed by atoms with van der Waals surface area (Å²) in [4.78, 5) is 6.90. The lowest BCUT2D eigenvalue weighted by molar-refractivity contribution is 0.403. The fourth-order valence-corrected chi connectivity index (χ4v) is 3.15. The average molecular weight is 294 g/mol. The maximum Gasteiger partial charge on any atom is 0.102 e. The summed E-state index contributed by atoms with van der Waals surface area (Å²) in [5.41, 5.74) is 2.33. The molecular formula is C16H24ClN3. The molecule has 3 nitrogen and oxygen atoms in total. The molecule has 0 bridgehead atoms. The average Bonchev–Trinajstić information content (AvgIpc) is 2.33. The predicted octanol–water partition coefficient (Wildman–Crippen LogP) is 3.78. The Bertz CT molecular complexity index is 506. The molecule has 1 aromatic rings. The van der Waals surface area contributed by atoms with E-state index in [1.54, 1.807) is 0 Å². The van der Waals surface area contributed by atoms with Crippen molar-refractivity contribution in [2.75, 3.05) is 32.5 Å². The molecule has 0 saturated carbocycles. The number of anilines is 1. The van der Waals surface area contributed by atoms with E-state index in [4.69, 9.17) is 16.6 Å². The molecule has 20 heavy (non-hydrogen) atoms. The minimum absolute atomic E-state index is 0.0271. The number of aliphatic imine (C=N–C) groups is 1. The SMILES string of the molecule is CN(C)CCCN=C1CC(C)(C)c2c(Cl)cccc2N1. The van der Waals surface area contributed by atoms with Gasteiger partial charge in [-0.1, -0.05) is 31.5 Å². The lowest BCUT2D eigenvalue weighted by Gasteiger charge is -2.34. The lowest BCUT2D eigenvalue weighted by Crippen LogP contribution is -2.33. The van der Waals surface area contributed by atoms with Crippen LogP contribution in [0.25, 0.3) is 0 Å². The van der Waals surface area contributed by atoms with Crippen molar-refractivity contribution >= 4 is 23.1 Å². The van der Waals surface area contributed by atoms with Crippen LogP contribution in [0.15, 0.2) is 23.2 Å². The highest BCUT2D eigenvalue weighted by molar-refractivity contribution is 6.32. The zero-order valence-corrected chi connectivity index (χ0v) is 13.6. The van der Waals surface area contributed by atoms with E-state index in [0.29, 0.717) is 0 Å². The number of hydrogen-bond acceptors (Lipinski definition) is 2. The van der Waals surface area contributed by atoms with Gasteiger partial charge in [-0.25, -0.2) is 0 Å². The van der Waals surface area contributed by atoms with Crippen LogP contribution in [-0.2, 0) is 5.41 Å². The molecule has 2 rings (SSSR count). The Morgan fingerprint density at radius 3 is 2.80 bits per heavy atom. The standard InChI is InChI=1S/C16H24ClN3/c1-16(2)11-14(18-9-6-10-20(3)4)19-13-8-5-7-12(17)15(13)16/h5,7-8H,6,9-11H2,1-4H3,(H,18,19). The Morgan fingerprint density at radius 2 is 2.10 bits per heavy atom. The van der Waals surface area contributed by atoms with Gasteiger partial charge in [-0.2, -0.15) is 0 Å². The van der Waals surface area contributed by atoms with Gasteiger partial charge in [-0.15, -0.1) is 0 Å². The Balaban J connectivity index is 2.12. The zero-order valence-electron chi connectivity index (χ0n) is 12.8. The molecule has 1 aliphatic heterocycles. The number of hydrogen-bond donors (Lipinski definition) is 1. The van der Waals surface area contributed by atoms with Crippen molar-refractivity contribution in [1.29, 1.82) is 0 Å². The van der Waals surface area contributed by atoms with Gasteiger partial charge in [0.15, 0.2) is 0 Å². The Morgan fingerprint density at radius 1 is 1.35 bits per heavy atom. The van der Waals surface area contributed by atoms with Crippen molar-refractivity contribution in [2.24, 2.45) is 4.99 Å². The quantitative estimate of drug-likeness (QED) is 0.856. The number of benzene rings is 1. The van der Waals surface area contributed by atoms with Crippen LogP contribution >= 0.6 is 11.6 Å². The van der Waals surface area contributed by atoms with Crippen molar-refractivity contribution in [3.63, 3.8) is 0 Å². The fourth-order valence-electron chi connectivity index (χ4n) is 2.72. The van der Waals surface area contributed by atoms with Crippen LogP contribution in [0.5, 0.6) is 0 Å². The molecule has 0 saturated heterocycles. The van der Waals surface area contributed by atoms with Crippen molar-refractivity contribution in [3.05, 3.63) is 28.8 Å². The molecule has 1 aromatic carbocycles. The van der Waals surface area contributed by atoms with E-state index in [9.17, 15) is 0 Å². The first-order valence-corrected chi connectivity index (χ1v) is 7.52. The second-order valence-corrected chi connectivity index (χ2v) is 6.74. The second kappa shape index (κ2) is 6.15. The number of nitrogens with one attached hydrogen (secondary N) is 1. The molecule has 0 aliphatic carbocycles. The molecule has 0 fully saturated rings. The van der Waals surface area contributed by atoms with Gasteiger partial charge in [0.05, 0.1) is 0 Å². The molecule has 0 atom stereocenters. The molecule has 1 aliphatic rings. The van der Waals surface area contributed by atoms with E-state index in [0.717, 1.165) is 42.5 Å². The van der Waals surface area contributed by atoms with E-state index in [-0.39, 0.29) is 5.41 Å². The normalized spacial score (nSPS) is 19.0. The van der Waals surface area contributed by atoms with E-state index in [1.165, 1.54) is 5.56 Å². The summed E-state index contributed by atoms with van der Waals surface area (Å²) in [7, 11) is 4.18. The van der Waals surface area contributed by atoms with Crippen LogP contribution in [0.2, 0.25) is 5.02 Å². The van der Waals surface area contributed by atoms with Gasteiger partial charge in [0.25, 0.3) is 0 Å². The molecular weight excluding hydrogens is 270 g/mol. The summed E-state index contributed by atoms with van der Waals surface area (Å²) in [6, 6.07) is 6.03. The molecule has 4 heteroatoms. The maximum atomic E-state index is 6.35. The molecule has 110 valence electrons. The van der Waals surface area contributed by atoms with E-state index < -0.39 is 0 Å². The number of halogens is 1. The minimum atomic E-state index is 0.0271. The van der Waals surface area contributed by atoms with Crippen molar-refractivity contribution in [3.8, 4) is 0 Å². The minimum Gasteiger partial charge on any atom is -0.344 e. The van der Waals surface area contributed by atoms with Crippen LogP contribution < -0.4 is 5.32 Å². The van der Waals surface area contributed by atoms with Crippen LogP contribution in [0, 0.1) is 0 Å². The first-order chi connectivity index (χ1) is 9.40. The van der Waals surface area contributed by atoms with E-state index in [2.05, 4.69) is 44.2 Å². The highest BCUT2D eigenvalue weighted by Crippen LogP contribution is 2.41. The lowest BCUT2D eigenvalue weighted by atomic mass is 9.78. The van der Waals surface area contributed by atoms with Gasteiger partial charge in [0.1, 0.15) is 5.84 Å². The van der Waals surface area contributed by atoms with Gasteiger partial charge >= 0.3 is 0 Å². The van der Waals surface area contributed by atoms with Crippen molar-refractivity contribution in [1.82, 2.24) is 4.90 Å². The predicted molar refractivity (Wildman–Crippen MR) is 88.2 cm³/mol. The summed E-state index contributed by atoms with van der Waals surface area (Å²) in [5, 5.41) is 4.27. The topological polar surface area (TPSA) is 27.6 Å². The van der Waals surface area contributed by atoms with Gasteiger partial charge in [0.2, 0.25) is 0 Å². The maximum absolute atomic E-state index is 6.35. The fraction of sp³-hybridized carbons (Fsp3) is 0.562. The summed E-state index contributed by atoms with van der Waals surface area (Å²) in [6.45, 7) is 6.40. The smallest absolute Gasteiger partial charge is 0.102 e. The van der Waals surface area contributed by atoms with Gasteiger partial charge in [-0.3, -0.25) is 4.99 Å². The monoisotopic (exact) mass is 293 g/mol. The Hall–Kier alpha value is -1.06. The van der Waals surface area contributed by atoms with Crippen LogP contribution in [0.3, 0.4) is 0 Å². The van der Waals surface area contributed by atoms with Crippen LogP contribution in [0.4, 0.5) is 5.69 Å². The Kier molecular flexibility index (Phi) is 4.71. The third kappa shape index (κ3) is 3.53. The molecule has 1 heterocycles. The third-order valence-electron chi connectivity index (χ3n) is 3.64. The summed E-state index contributed by atoms with van der Waals surface area (Å²) >= 11 is 6.35. The van der Waals surface area contributed by atoms with Crippen LogP contribution in [-0.4, -0.2) is 37.9 Å².